The second-order valence-corrected chi connectivity index (χ2v) is 7.45. The van der Waals surface area contributed by atoms with Gasteiger partial charge >= 0.3 is 0 Å². The number of nitrogens with zero attached hydrogens (tertiary/aromatic N) is 2. The summed E-state index contributed by atoms with van der Waals surface area (Å²) in [6.45, 7) is 2.55. The van der Waals surface area contributed by atoms with Gasteiger partial charge in [-0.1, -0.05) is 44.7 Å². The number of alkyl halides is 1. The highest BCUT2D eigenvalue weighted by Gasteiger charge is 2.14. The van der Waals surface area contributed by atoms with Crippen LogP contribution in [0.2, 0.25) is 0 Å². The van der Waals surface area contributed by atoms with Gasteiger partial charge in [-0.2, -0.15) is 5.10 Å². The molecule has 0 bridgehead atoms. The van der Waals surface area contributed by atoms with Gasteiger partial charge in [0.15, 0.2) is 11.6 Å². The van der Waals surface area contributed by atoms with E-state index in [1.54, 1.807) is 36.0 Å². The fourth-order valence-corrected chi connectivity index (χ4v) is 3.26. The van der Waals surface area contributed by atoms with E-state index < -0.39 is 5.82 Å². The van der Waals surface area contributed by atoms with Crippen molar-refractivity contribution in [2.75, 3.05) is 12.5 Å². The number of hydrogen-bond acceptors (Lipinski definition) is 3. The van der Waals surface area contributed by atoms with Crippen LogP contribution in [0, 0.1) is 5.82 Å². The van der Waals surface area contributed by atoms with E-state index in [1.807, 2.05) is 6.92 Å². The molecular formula is C22H31ClFN3O2. The Kier molecular flexibility index (Phi) is 9.98. The molecule has 1 amide bonds. The molecule has 0 saturated carbocycles. The summed E-state index contributed by atoms with van der Waals surface area (Å²) < 4.78 is 21.8. The summed E-state index contributed by atoms with van der Waals surface area (Å²) in [5, 5.41) is 7.02. The van der Waals surface area contributed by atoms with Crippen molar-refractivity contribution in [2.24, 2.45) is 7.05 Å². The van der Waals surface area contributed by atoms with Gasteiger partial charge in [-0.05, 0) is 31.4 Å². The molecule has 2 rings (SSSR count). The van der Waals surface area contributed by atoms with Gasteiger partial charge in [0, 0.05) is 25.0 Å². The maximum Gasteiger partial charge on any atom is 0.269 e. The smallest absolute Gasteiger partial charge is 0.269 e. The van der Waals surface area contributed by atoms with Gasteiger partial charge in [0.05, 0.1) is 12.3 Å². The van der Waals surface area contributed by atoms with E-state index in [1.165, 1.54) is 6.42 Å². The number of unbranched alkanes of at least 4 members (excludes halogenated alkanes) is 5. The predicted octanol–water partition coefficient (Wildman–Crippen LogP) is 5.01. The molecule has 160 valence electrons. The number of carbonyl (C=O) groups excluding carboxylic acids is 1. The number of aromatic nitrogens is 2. The Morgan fingerprint density at radius 3 is 2.62 bits per heavy atom. The van der Waals surface area contributed by atoms with E-state index in [0.29, 0.717) is 17.9 Å². The average Bonchev–Trinajstić information content (AvgIpc) is 3.11. The van der Waals surface area contributed by atoms with E-state index in [4.69, 9.17) is 16.3 Å². The van der Waals surface area contributed by atoms with Crippen molar-refractivity contribution in [1.29, 1.82) is 0 Å². The van der Waals surface area contributed by atoms with Crippen LogP contribution in [0.1, 0.15) is 67.2 Å². The lowest BCUT2D eigenvalue weighted by molar-refractivity contribution is 0.0941. The molecule has 7 heteroatoms. The van der Waals surface area contributed by atoms with E-state index in [9.17, 15) is 9.18 Å². The molecule has 0 radical (unpaired) electrons. The molecule has 0 unspecified atom stereocenters. The lowest BCUT2D eigenvalue weighted by atomic mass is 10.1. The molecule has 0 fully saturated rings. The molecule has 0 saturated heterocycles. The van der Waals surface area contributed by atoms with Crippen LogP contribution in [0.15, 0.2) is 24.3 Å². The maximum atomic E-state index is 14.7. The summed E-state index contributed by atoms with van der Waals surface area (Å²) in [7, 11) is 1.72. The van der Waals surface area contributed by atoms with Gasteiger partial charge in [-0.25, -0.2) is 4.39 Å². The second-order valence-electron chi connectivity index (χ2n) is 7.07. The summed E-state index contributed by atoms with van der Waals surface area (Å²) in [5.74, 6) is 0.252. The number of amides is 1. The number of nitrogens with one attached hydrogen (secondary N) is 1. The molecule has 0 spiro atoms. The third-order valence-electron chi connectivity index (χ3n) is 4.79. The summed E-state index contributed by atoms with van der Waals surface area (Å²) >= 11 is 5.66. The van der Waals surface area contributed by atoms with Crippen molar-refractivity contribution < 1.29 is 13.9 Å². The topological polar surface area (TPSA) is 56.1 Å². The minimum atomic E-state index is -0.422. The van der Waals surface area contributed by atoms with Crippen LogP contribution in [-0.4, -0.2) is 28.2 Å². The zero-order valence-electron chi connectivity index (χ0n) is 17.3. The number of ether oxygens (including phenoxy) is 1. The molecule has 0 aliphatic heterocycles. The fraction of sp³-hybridized carbons (Fsp3) is 0.545. The quantitative estimate of drug-likeness (QED) is 0.364. The summed E-state index contributed by atoms with van der Waals surface area (Å²) in [6, 6.07) is 6.77. The first-order valence-electron chi connectivity index (χ1n) is 10.3. The van der Waals surface area contributed by atoms with Crippen molar-refractivity contribution in [1.82, 2.24) is 15.1 Å². The van der Waals surface area contributed by atoms with Crippen molar-refractivity contribution in [3.8, 4) is 5.75 Å². The molecule has 1 N–H and O–H groups in total. The van der Waals surface area contributed by atoms with Crippen LogP contribution in [0.25, 0.3) is 0 Å². The Labute approximate surface area is 177 Å². The molecular weight excluding hydrogens is 393 g/mol. The molecule has 0 aliphatic rings. The second kappa shape index (κ2) is 12.5. The molecule has 0 aliphatic carbocycles. The normalized spacial score (nSPS) is 10.9. The Hall–Kier alpha value is -2.08. The minimum absolute atomic E-state index is 0.0923. The van der Waals surface area contributed by atoms with Crippen LogP contribution in [0.4, 0.5) is 4.39 Å². The minimum Gasteiger partial charge on any atom is -0.491 e. The number of aryl methyl sites for hydroxylation is 2. The third-order valence-corrected chi connectivity index (χ3v) is 5.06. The molecule has 0 atom stereocenters. The number of benzene rings is 1. The Bertz CT molecular complexity index is 779. The Morgan fingerprint density at radius 2 is 1.93 bits per heavy atom. The lowest BCUT2D eigenvalue weighted by Crippen LogP contribution is -2.25. The van der Waals surface area contributed by atoms with Crippen LogP contribution in [0.3, 0.4) is 0 Å². The highest BCUT2D eigenvalue weighted by molar-refractivity contribution is 6.17. The van der Waals surface area contributed by atoms with Crippen molar-refractivity contribution in [2.45, 2.75) is 58.4 Å². The van der Waals surface area contributed by atoms with Gasteiger partial charge < -0.3 is 10.1 Å². The van der Waals surface area contributed by atoms with Gasteiger partial charge in [-0.15, -0.1) is 11.6 Å². The summed E-state index contributed by atoms with van der Waals surface area (Å²) in [6.07, 6.45) is 7.24. The van der Waals surface area contributed by atoms with E-state index in [-0.39, 0.29) is 18.2 Å². The van der Waals surface area contributed by atoms with Crippen molar-refractivity contribution in [3.05, 3.63) is 47.0 Å². The number of halogens is 2. The highest BCUT2D eigenvalue weighted by atomic mass is 35.5. The van der Waals surface area contributed by atoms with Gasteiger partial charge in [-0.3, -0.25) is 9.48 Å². The lowest BCUT2D eigenvalue weighted by Gasteiger charge is -2.11. The van der Waals surface area contributed by atoms with Gasteiger partial charge in [0.2, 0.25) is 0 Å². The number of hydrogen-bond donors (Lipinski definition) is 1. The standard InChI is InChI=1S/C22H31ClFN3O2/c1-3-18-15-19(27(2)26-18)22(28)25-16-17-11-10-12-20(21(17)24)29-14-9-7-5-4-6-8-13-23/h10-12,15H,3-9,13-14,16H2,1-2H3,(H,25,28). The van der Waals surface area contributed by atoms with Crippen LogP contribution in [-0.2, 0) is 20.0 Å². The van der Waals surface area contributed by atoms with Crippen LogP contribution < -0.4 is 10.1 Å². The zero-order valence-corrected chi connectivity index (χ0v) is 18.1. The van der Waals surface area contributed by atoms with Crippen molar-refractivity contribution in [3.63, 3.8) is 0 Å². The fourth-order valence-electron chi connectivity index (χ4n) is 3.07. The molecule has 29 heavy (non-hydrogen) atoms. The largest absolute Gasteiger partial charge is 0.491 e. The number of carbonyl (C=O) groups is 1. The van der Waals surface area contributed by atoms with Crippen LogP contribution >= 0.6 is 11.6 Å². The third kappa shape index (κ3) is 7.35. The first kappa shape index (κ1) is 23.2. The monoisotopic (exact) mass is 423 g/mol. The predicted molar refractivity (Wildman–Crippen MR) is 114 cm³/mol. The molecule has 1 aromatic carbocycles. The van der Waals surface area contributed by atoms with E-state index in [2.05, 4.69) is 10.4 Å². The molecule has 1 aromatic heterocycles. The first-order chi connectivity index (χ1) is 14.1. The average molecular weight is 424 g/mol. The van der Waals surface area contributed by atoms with Gasteiger partial charge in [0.25, 0.3) is 5.91 Å². The highest BCUT2D eigenvalue weighted by Crippen LogP contribution is 2.21. The van der Waals surface area contributed by atoms with E-state index in [0.717, 1.165) is 50.1 Å². The van der Waals surface area contributed by atoms with Crippen molar-refractivity contribution >= 4 is 17.5 Å². The SMILES string of the molecule is CCc1cc(C(=O)NCc2cccc(OCCCCCCCCCl)c2F)n(C)n1. The maximum absolute atomic E-state index is 14.7. The Morgan fingerprint density at radius 1 is 1.21 bits per heavy atom. The Balaban J connectivity index is 1.80. The zero-order chi connectivity index (χ0) is 21.1. The molecule has 2 aromatic rings. The van der Waals surface area contributed by atoms with Crippen LogP contribution in [0.5, 0.6) is 5.75 Å². The summed E-state index contributed by atoms with van der Waals surface area (Å²) in [5.41, 5.74) is 1.70. The molecule has 5 nitrogen and oxygen atoms in total. The number of rotatable bonds is 13. The molecule has 1 heterocycles. The summed E-state index contributed by atoms with van der Waals surface area (Å²) in [4.78, 5) is 12.4. The van der Waals surface area contributed by atoms with Gasteiger partial charge in [0.1, 0.15) is 5.69 Å². The first-order valence-corrected chi connectivity index (χ1v) is 10.9. The van der Waals surface area contributed by atoms with E-state index >= 15 is 0 Å².